The molecule has 0 saturated carbocycles. The number of carbonyl (C=O) groups excluding carboxylic acids is 1. The van der Waals surface area contributed by atoms with Gasteiger partial charge in [-0.2, -0.15) is 0 Å². The van der Waals surface area contributed by atoms with Crippen LogP contribution in [-0.4, -0.2) is 12.0 Å². The maximum atomic E-state index is 10.5. The Morgan fingerprint density at radius 1 is 1.90 bits per heavy atom. The standard InChI is InChI=1S/C7H11NO2/c1-5-2-3-6(4-10-5)7(8)9/h4-5H,2-3H2,1H3,(H2,8,9). The van der Waals surface area contributed by atoms with E-state index in [1.54, 1.807) is 0 Å². The molecule has 0 aromatic rings. The molecule has 1 amide bonds. The smallest absolute Gasteiger partial charge is 0.247 e. The Balaban J connectivity index is 2.56. The topological polar surface area (TPSA) is 52.3 Å². The van der Waals surface area contributed by atoms with Gasteiger partial charge in [-0.05, 0) is 19.8 Å². The van der Waals surface area contributed by atoms with Crippen LogP contribution >= 0.6 is 0 Å². The van der Waals surface area contributed by atoms with E-state index in [1.807, 2.05) is 6.92 Å². The van der Waals surface area contributed by atoms with Gasteiger partial charge in [0.2, 0.25) is 5.91 Å². The number of carbonyl (C=O) groups is 1. The number of hydrogen-bond donors (Lipinski definition) is 1. The van der Waals surface area contributed by atoms with Crippen LogP contribution in [0.15, 0.2) is 11.8 Å². The third-order valence-corrected chi connectivity index (χ3v) is 1.58. The summed E-state index contributed by atoms with van der Waals surface area (Å²) in [7, 11) is 0. The minimum Gasteiger partial charge on any atom is -0.498 e. The van der Waals surface area contributed by atoms with Crippen LogP contribution in [0.1, 0.15) is 19.8 Å². The molecule has 1 aliphatic heterocycles. The molecule has 3 nitrogen and oxygen atoms in total. The van der Waals surface area contributed by atoms with Gasteiger partial charge in [0.05, 0.1) is 17.9 Å². The summed E-state index contributed by atoms with van der Waals surface area (Å²) in [6, 6.07) is 0. The van der Waals surface area contributed by atoms with Gasteiger partial charge < -0.3 is 10.5 Å². The summed E-state index contributed by atoms with van der Waals surface area (Å²) in [5.74, 6) is -0.369. The van der Waals surface area contributed by atoms with Gasteiger partial charge in [-0.1, -0.05) is 0 Å². The molecule has 0 saturated heterocycles. The highest BCUT2D eigenvalue weighted by Crippen LogP contribution is 2.15. The van der Waals surface area contributed by atoms with Crippen LogP contribution < -0.4 is 5.73 Å². The first-order valence-electron chi connectivity index (χ1n) is 3.34. The van der Waals surface area contributed by atoms with Crippen molar-refractivity contribution in [3.05, 3.63) is 11.8 Å². The van der Waals surface area contributed by atoms with E-state index in [0.29, 0.717) is 5.57 Å². The van der Waals surface area contributed by atoms with Gasteiger partial charge >= 0.3 is 0 Å². The van der Waals surface area contributed by atoms with Gasteiger partial charge in [-0.25, -0.2) is 0 Å². The molecule has 0 bridgehead atoms. The van der Waals surface area contributed by atoms with E-state index in [1.165, 1.54) is 6.26 Å². The monoisotopic (exact) mass is 141 g/mol. The Labute approximate surface area is 59.8 Å². The lowest BCUT2D eigenvalue weighted by Crippen LogP contribution is -2.20. The van der Waals surface area contributed by atoms with Gasteiger partial charge in [0, 0.05) is 0 Å². The third-order valence-electron chi connectivity index (χ3n) is 1.58. The van der Waals surface area contributed by atoms with E-state index in [2.05, 4.69) is 0 Å². The van der Waals surface area contributed by atoms with Crippen LogP contribution in [0.25, 0.3) is 0 Å². The first-order valence-corrected chi connectivity index (χ1v) is 3.34. The average Bonchev–Trinajstić information content (AvgIpc) is 1.88. The maximum absolute atomic E-state index is 10.5. The predicted octanol–water partition coefficient (Wildman–Crippen LogP) is 0.555. The molecule has 0 fully saturated rings. The second-order valence-electron chi connectivity index (χ2n) is 2.49. The van der Waals surface area contributed by atoms with Gasteiger partial charge in [0.25, 0.3) is 0 Å². The van der Waals surface area contributed by atoms with Crippen LogP contribution in [0.3, 0.4) is 0 Å². The summed E-state index contributed by atoms with van der Waals surface area (Å²) in [6.45, 7) is 1.97. The second kappa shape index (κ2) is 2.73. The summed E-state index contributed by atoms with van der Waals surface area (Å²) in [4.78, 5) is 10.5. The Morgan fingerprint density at radius 2 is 2.60 bits per heavy atom. The number of rotatable bonds is 1. The molecule has 0 aromatic heterocycles. The molecular weight excluding hydrogens is 130 g/mol. The highest BCUT2D eigenvalue weighted by molar-refractivity contribution is 5.91. The zero-order chi connectivity index (χ0) is 7.56. The molecule has 1 aliphatic rings. The SMILES string of the molecule is CC1CCC(C(N)=O)=CO1. The van der Waals surface area contributed by atoms with Crippen molar-refractivity contribution in [2.45, 2.75) is 25.9 Å². The van der Waals surface area contributed by atoms with Crippen LogP contribution in [0.5, 0.6) is 0 Å². The van der Waals surface area contributed by atoms with Crippen LogP contribution in [-0.2, 0) is 9.53 Å². The number of amides is 1. The first-order chi connectivity index (χ1) is 4.70. The molecule has 10 heavy (non-hydrogen) atoms. The summed E-state index contributed by atoms with van der Waals surface area (Å²) >= 11 is 0. The van der Waals surface area contributed by atoms with E-state index in [9.17, 15) is 4.79 Å². The Morgan fingerprint density at radius 3 is 3.00 bits per heavy atom. The van der Waals surface area contributed by atoms with Crippen molar-refractivity contribution in [2.24, 2.45) is 5.73 Å². The number of hydrogen-bond acceptors (Lipinski definition) is 2. The molecule has 1 heterocycles. The summed E-state index contributed by atoms with van der Waals surface area (Å²) in [5, 5.41) is 0. The van der Waals surface area contributed by atoms with Crippen LogP contribution in [0, 0.1) is 0 Å². The number of ether oxygens (including phenoxy) is 1. The fraction of sp³-hybridized carbons (Fsp3) is 0.571. The average molecular weight is 141 g/mol. The lowest BCUT2D eigenvalue weighted by atomic mass is 10.1. The molecule has 56 valence electrons. The molecule has 1 rings (SSSR count). The van der Waals surface area contributed by atoms with Gasteiger partial charge in [0.15, 0.2) is 0 Å². The minimum absolute atomic E-state index is 0.225. The minimum atomic E-state index is -0.369. The highest BCUT2D eigenvalue weighted by Gasteiger charge is 2.13. The van der Waals surface area contributed by atoms with Crippen LogP contribution in [0.2, 0.25) is 0 Å². The molecule has 2 N–H and O–H groups in total. The molecule has 0 spiro atoms. The van der Waals surface area contributed by atoms with E-state index >= 15 is 0 Å². The van der Waals surface area contributed by atoms with Crippen LogP contribution in [0.4, 0.5) is 0 Å². The number of primary amides is 1. The maximum Gasteiger partial charge on any atom is 0.247 e. The molecule has 3 heteroatoms. The van der Waals surface area contributed by atoms with Crippen molar-refractivity contribution in [2.75, 3.05) is 0 Å². The van der Waals surface area contributed by atoms with Crippen molar-refractivity contribution < 1.29 is 9.53 Å². The summed E-state index contributed by atoms with van der Waals surface area (Å²) in [6.07, 6.45) is 3.32. The second-order valence-corrected chi connectivity index (χ2v) is 2.49. The van der Waals surface area contributed by atoms with Gasteiger partial charge in [-0.3, -0.25) is 4.79 Å². The Hall–Kier alpha value is -0.990. The Kier molecular flexibility index (Phi) is 1.94. The largest absolute Gasteiger partial charge is 0.498 e. The van der Waals surface area contributed by atoms with Gasteiger partial charge in [-0.15, -0.1) is 0 Å². The van der Waals surface area contributed by atoms with Crippen molar-refractivity contribution in [3.63, 3.8) is 0 Å². The summed E-state index contributed by atoms with van der Waals surface area (Å²) < 4.78 is 5.09. The lowest BCUT2D eigenvalue weighted by molar-refractivity contribution is -0.115. The summed E-state index contributed by atoms with van der Waals surface area (Å²) in [5.41, 5.74) is 5.62. The fourth-order valence-electron chi connectivity index (χ4n) is 0.865. The van der Waals surface area contributed by atoms with Crippen molar-refractivity contribution in [3.8, 4) is 0 Å². The molecular formula is C7H11NO2. The molecule has 0 aliphatic carbocycles. The van der Waals surface area contributed by atoms with E-state index in [4.69, 9.17) is 10.5 Å². The zero-order valence-corrected chi connectivity index (χ0v) is 5.96. The zero-order valence-electron chi connectivity index (χ0n) is 5.96. The van der Waals surface area contributed by atoms with Gasteiger partial charge in [0.1, 0.15) is 0 Å². The van der Waals surface area contributed by atoms with E-state index in [-0.39, 0.29) is 12.0 Å². The Bertz CT molecular complexity index is 174. The molecule has 1 atom stereocenters. The van der Waals surface area contributed by atoms with E-state index in [0.717, 1.165) is 12.8 Å². The predicted molar refractivity (Wildman–Crippen MR) is 37.1 cm³/mol. The molecule has 1 unspecified atom stereocenters. The van der Waals surface area contributed by atoms with Crippen molar-refractivity contribution >= 4 is 5.91 Å². The van der Waals surface area contributed by atoms with E-state index < -0.39 is 0 Å². The molecule has 0 aromatic carbocycles. The van der Waals surface area contributed by atoms with Crippen molar-refractivity contribution in [1.82, 2.24) is 0 Å². The van der Waals surface area contributed by atoms with Crippen molar-refractivity contribution in [1.29, 1.82) is 0 Å². The highest BCUT2D eigenvalue weighted by atomic mass is 16.5. The third kappa shape index (κ3) is 1.50. The molecule has 0 radical (unpaired) electrons. The number of nitrogens with two attached hydrogens (primary N) is 1. The fourth-order valence-corrected chi connectivity index (χ4v) is 0.865. The first kappa shape index (κ1) is 7.12. The normalized spacial score (nSPS) is 24.9. The lowest BCUT2D eigenvalue weighted by Gasteiger charge is -2.17. The quantitative estimate of drug-likeness (QED) is 0.580.